The van der Waals surface area contributed by atoms with E-state index in [4.69, 9.17) is 9.47 Å². The first kappa shape index (κ1) is 19.9. The van der Waals surface area contributed by atoms with Gasteiger partial charge in [0, 0.05) is 6.54 Å². The van der Waals surface area contributed by atoms with Gasteiger partial charge in [0.15, 0.2) is 0 Å². The van der Waals surface area contributed by atoms with Crippen molar-refractivity contribution in [1.82, 2.24) is 4.72 Å². The molecule has 7 heteroatoms. The summed E-state index contributed by atoms with van der Waals surface area (Å²) in [5.74, 6) is 0.246. The Morgan fingerprint density at radius 3 is 2.39 bits per heavy atom. The molecule has 0 fully saturated rings. The molecule has 0 saturated carbocycles. The Hall–Kier alpha value is -2.90. The van der Waals surface area contributed by atoms with Crippen molar-refractivity contribution in [1.29, 1.82) is 0 Å². The minimum atomic E-state index is -3.69. The van der Waals surface area contributed by atoms with Crippen molar-refractivity contribution in [2.45, 2.75) is 17.9 Å². The standard InChI is InChI=1S/C21H21NO5S/c1-26-19-9-6-16(7-10-19)15-27-21(23)12-13-22-28(24,25)20-11-8-17-4-2-3-5-18(17)14-20/h2-11,14,22H,12-13,15H2,1H3. The van der Waals surface area contributed by atoms with E-state index in [0.29, 0.717) is 0 Å². The number of carbonyl (C=O) groups is 1. The Morgan fingerprint density at radius 2 is 1.68 bits per heavy atom. The van der Waals surface area contributed by atoms with E-state index < -0.39 is 16.0 Å². The topological polar surface area (TPSA) is 81.7 Å². The maximum Gasteiger partial charge on any atom is 0.307 e. The van der Waals surface area contributed by atoms with Crippen LogP contribution >= 0.6 is 0 Å². The van der Waals surface area contributed by atoms with Crippen LogP contribution in [-0.2, 0) is 26.2 Å². The van der Waals surface area contributed by atoms with E-state index in [2.05, 4.69) is 4.72 Å². The quantitative estimate of drug-likeness (QED) is 0.588. The molecule has 0 unspecified atom stereocenters. The molecule has 0 spiro atoms. The third-order valence-electron chi connectivity index (χ3n) is 4.21. The number of ether oxygens (including phenoxy) is 2. The zero-order valence-corrected chi connectivity index (χ0v) is 16.2. The number of methoxy groups -OCH3 is 1. The van der Waals surface area contributed by atoms with Crippen molar-refractivity contribution < 1.29 is 22.7 Å². The van der Waals surface area contributed by atoms with Crippen LogP contribution in [0.4, 0.5) is 0 Å². The molecule has 3 rings (SSSR count). The molecule has 1 N–H and O–H groups in total. The van der Waals surface area contributed by atoms with Crippen LogP contribution in [0, 0.1) is 0 Å². The third kappa shape index (κ3) is 5.09. The van der Waals surface area contributed by atoms with Gasteiger partial charge in [0.25, 0.3) is 0 Å². The average molecular weight is 399 g/mol. The lowest BCUT2D eigenvalue weighted by Gasteiger charge is -2.09. The number of esters is 1. The van der Waals surface area contributed by atoms with Crippen LogP contribution in [0.1, 0.15) is 12.0 Å². The highest BCUT2D eigenvalue weighted by atomic mass is 32.2. The van der Waals surface area contributed by atoms with Crippen LogP contribution in [0.3, 0.4) is 0 Å². The monoisotopic (exact) mass is 399 g/mol. The van der Waals surface area contributed by atoms with Crippen molar-refractivity contribution in [3.05, 3.63) is 72.3 Å². The highest BCUT2D eigenvalue weighted by molar-refractivity contribution is 7.89. The number of carbonyl (C=O) groups excluding carboxylic acids is 1. The highest BCUT2D eigenvalue weighted by Crippen LogP contribution is 2.18. The number of rotatable bonds is 8. The SMILES string of the molecule is COc1ccc(COC(=O)CCNS(=O)(=O)c2ccc3ccccc3c2)cc1. The number of hydrogen-bond acceptors (Lipinski definition) is 5. The predicted octanol–water partition coefficient (Wildman–Crippen LogP) is 3.26. The van der Waals surface area contributed by atoms with Gasteiger partial charge in [-0.2, -0.15) is 0 Å². The van der Waals surface area contributed by atoms with Crippen LogP contribution < -0.4 is 9.46 Å². The van der Waals surface area contributed by atoms with E-state index in [1.54, 1.807) is 49.6 Å². The van der Waals surface area contributed by atoms with Gasteiger partial charge in [-0.3, -0.25) is 4.79 Å². The summed E-state index contributed by atoms with van der Waals surface area (Å²) >= 11 is 0. The van der Waals surface area contributed by atoms with Gasteiger partial charge in [0.2, 0.25) is 10.0 Å². The Balaban J connectivity index is 1.50. The predicted molar refractivity (Wildman–Crippen MR) is 107 cm³/mol. The summed E-state index contributed by atoms with van der Waals surface area (Å²) in [6.45, 7) is 0.0941. The fourth-order valence-electron chi connectivity index (χ4n) is 2.66. The minimum absolute atomic E-state index is 0.0311. The number of sulfonamides is 1. The van der Waals surface area contributed by atoms with Gasteiger partial charge in [0.05, 0.1) is 18.4 Å². The highest BCUT2D eigenvalue weighted by Gasteiger charge is 2.15. The molecule has 3 aromatic carbocycles. The molecule has 0 aliphatic carbocycles. The van der Waals surface area contributed by atoms with Crippen LogP contribution in [0.15, 0.2) is 71.6 Å². The van der Waals surface area contributed by atoms with Gasteiger partial charge >= 0.3 is 5.97 Å². The first-order valence-electron chi connectivity index (χ1n) is 8.75. The molecule has 6 nitrogen and oxygen atoms in total. The molecular formula is C21H21NO5S. The Morgan fingerprint density at radius 1 is 0.964 bits per heavy atom. The molecule has 0 aromatic heterocycles. The van der Waals surface area contributed by atoms with Crippen LogP contribution in [0.2, 0.25) is 0 Å². The summed E-state index contributed by atoms with van der Waals surface area (Å²) in [5.41, 5.74) is 0.825. The van der Waals surface area contributed by atoms with E-state index in [1.165, 1.54) is 0 Å². The smallest absolute Gasteiger partial charge is 0.307 e. The first-order valence-corrected chi connectivity index (χ1v) is 10.2. The molecule has 0 heterocycles. The molecule has 0 aliphatic rings. The van der Waals surface area contributed by atoms with Gasteiger partial charge in [0.1, 0.15) is 12.4 Å². The summed E-state index contributed by atoms with van der Waals surface area (Å²) < 4.78 is 37.5. The normalized spacial score (nSPS) is 11.3. The molecule has 0 aliphatic heterocycles. The summed E-state index contributed by atoms with van der Waals surface area (Å²) in [4.78, 5) is 12.0. The van der Waals surface area contributed by atoms with Crippen molar-refractivity contribution in [3.8, 4) is 5.75 Å². The molecule has 3 aromatic rings. The summed E-state index contributed by atoms with van der Waals surface area (Å²) in [7, 11) is -2.12. The Kier molecular flexibility index (Phi) is 6.28. The second-order valence-electron chi connectivity index (χ2n) is 6.17. The van der Waals surface area contributed by atoms with E-state index in [0.717, 1.165) is 22.1 Å². The average Bonchev–Trinajstić information content (AvgIpc) is 2.72. The molecule has 0 saturated heterocycles. The Labute approximate surface area is 164 Å². The minimum Gasteiger partial charge on any atom is -0.497 e. The zero-order chi connectivity index (χ0) is 20.0. The van der Waals surface area contributed by atoms with E-state index in [9.17, 15) is 13.2 Å². The number of nitrogens with one attached hydrogen (secondary N) is 1. The van der Waals surface area contributed by atoms with Crippen molar-refractivity contribution in [2.24, 2.45) is 0 Å². The third-order valence-corrected chi connectivity index (χ3v) is 5.67. The second kappa shape index (κ2) is 8.86. The Bertz CT molecular complexity index is 1060. The van der Waals surface area contributed by atoms with Crippen LogP contribution in [0.25, 0.3) is 10.8 Å². The van der Waals surface area contributed by atoms with E-state index in [-0.39, 0.29) is 24.5 Å². The lowest BCUT2D eigenvalue weighted by Crippen LogP contribution is -2.26. The van der Waals surface area contributed by atoms with E-state index >= 15 is 0 Å². The molecule has 0 amide bonds. The lowest BCUT2D eigenvalue weighted by molar-refractivity contribution is -0.144. The lowest BCUT2D eigenvalue weighted by atomic mass is 10.1. The van der Waals surface area contributed by atoms with Gasteiger partial charge in [-0.05, 0) is 40.6 Å². The van der Waals surface area contributed by atoms with Gasteiger partial charge in [-0.1, -0.05) is 42.5 Å². The molecular weight excluding hydrogens is 378 g/mol. The van der Waals surface area contributed by atoms with Crippen LogP contribution in [0.5, 0.6) is 5.75 Å². The fraction of sp³-hybridized carbons (Fsp3) is 0.190. The largest absolute Gasteiger partial charge is 0.497 e. The van der Waals surface area contributed by atoms with Crippen LogP contribution in [-0.4, -0.2) is 28.0 Å². The van der Waals surface area contributed by atoms with E-state index in [1.807, 2.05) is 24.3 Å². The number of hydrogen-bond donors (Lipinski definition) is 1. The fourth-order valence-corrected chi connectivity index (χ4v) is 3.73. The molecule has 146 valence electrons. The van der Waals surface area contributed by atoms with Gasteiger partial charge in [-0.25, -0.2) is 13.1 Å². The maximum absolute atomic E-state index is 12.4. The molecule has 0 radical (unpaired) electrons. The van der Waals surface area contributed by atoms with Crippen molar-refractivity contribution in [3.63, 3.8) is 0 Å². The first-order chi connectivity index (χ1) is 13.5. The van der Waals surface area contributed by atoms with Crippen molar-refractivity contribution >= 4 is 26.8 Å². The molecule has 28 heavy (non-hydrogen) atoms. The maximum atomic E-state index is 12.4. The van der Waals surface area contributed by atoms with Crippen molar-refractivity contribution in [2.75, 3.05) is 13.7 Å². The number of benzene rings is 3. The van der Waals surface area contributed by atoms with Gasteiger partial charge < -0.3 is 9.47 Å². The number of fused-ring (bicyclic) bond motifs is 1. The summed E-state index contributed by atoms with van der Waals surface area (Å²) in [6.07, 6.45) is -0.0526. The molecule has 0 bridgehead atoms. The summed E-state index contributed by atoms with van der Waals surface area (Å²) in [5, 5.41) is 1.80. The zero-order valence-electron chi connectivity index (χ0n) is 15.4. The van der Waals surface area contributed by atoms with Gasteiger partial charge in [-0.15, -0.1) is 0 Å². The summed E-state index contributed by atoms with van der Waals surface area (Å²) in [6, 6.07) is 19.6. The second-order valence-corrected chi connectivity index (χ2v) is 7.93. The molecule has 0 atom stereocenters.